The molecule has 1 amide bonds. The zero-order chi connectivity index (χ0) is 23.2. The van der Waals surface area contributed by atoms with Crippen LogP contribution in [0.5, 0.6) is 5.75 Å². The first-order valence-electron chi connectivity index (χ1n) is 10.7. The lowest BCUT2D eigenvalue weighted by molar-refractivity contribution is 0.0945. The standard InChI is InChI=1S/C24H23ClN6O2/c1-16-11-22(24(32)28-14-18-5-8-27-15-21(18)25)29-30-23(16)31-9-6-19(7-10-31)33-20-4-2-3-17(12-20)13-26/h2-5,8,11-12,15,19H,6-7,9-10,14H2,1H3,(H,28,32). The molecule has 1 fully saturated rings. The third-order valence-electron chi connectivity index (χ3n) is 5.49. The highest BCUT2D eigenvalue weighted by atomic mass is 35.5. The van der Waals surface area contributed by atoms with Crippen LogP contribution in [0.4, 0.5) is 5.82 Å². The van der Waals surface area contributed by atoms with E-state index in [1.165, 1.54) is 0 Å². The van der Waals surface area contributed by atoms with Gasteiger partial charge in [-0.3, -0.25) is 9.78 Å². The van der Waals surface area contributed by atoms with Crippen molar-refractivity contribution >= 4 is 23.3 Å². The first-order chi connectivity index (χ1) is 16.0. The lowest BCUT2D eigenvalue weighted by atomic mass is 10.1. The third-order valence-corrected chi connectivity index (χ3v) is 5.83. The summed E-state index contributed by atoms with van der Waals surface area (Å²) in [6, 6.07) is 12.9. The molecule has 0 saturated carbocycles. The van der Waals surface area contributed by atoms with Crippen LogP contribution >= 0.6 is 11.6 Å². The quantitative estimate of drug-likeness (QED) is 0.595. The maximum absolute atomic E-state index is 12.5. The highest BCUT2D eigenvalue weighted by molar-refractivity contribution is 6.31. The van der Waals surface area contributed by atoms with Gasteiger partial charge in [-0.2, -0.15) is 5.26 Å². The van der Waals surface area contributed by atoms with E-state index in [0.717, 1.165) is 42.9 Å². The van der Waals surface area contributed by atoms with Gasteiger partial charge >= 0.3 is 0 Å². The predicted octanol–water partition coefficient (Wildman–Crippen LogP) is 3.68. The normalized spacial score (nSPS) is 13.9. The molecule has 33 heavy (non-hydrogen) atoms. The number of ether oxygens (including phenoxy) is 1. The smallest absolute Gasteiger partial charge is 0.272 e. The molecular formula is C24H23ClN6O2. The highest BCUT2D eigenvalue weighted by Crippen LogP contribution is 2.24. The Morgan fingerprint density at radius 2 is 2.09 bits per heavy atom. The van der Waals surface area contributed by atoms with Crippen molar-refractivity contribution in [2.24, 2.45) is 0 Å². The second kappa shape index (κ2) is 10.3. The van der Waals surface area contributed by atoms with Crippen molar-refractivity contribution in [1.29, 1.82) is 5.26 Å². The summed E-state index contributed by atoms with van der Waals surface area (Å²) in [6.45, 7) is 3.75. The second-order valence-corrected chi connectivity index (χ2v) is 8.24. The lowest BCUT2D eigenvalue weighted by Crippen LogP contribution is -2.39. The fourth-order valence-electron chi connectivity index (χ4n) is 3.73. The summed E-state index contributed by atoms with van der Waals surface area (Å²) < 4.78 is 6.05. The van der Waals surface area contributed by atoms with Crippen LogP contribution < -0.4 is 15.0 Å². The molecule has 0 bridgehead atoms. The number of benzene rings is 1. The summed E-state index contributed by atoms with van der Waals surface area (Å²) in [4.78, 5) is 18.6. The van der Waals surface area contributed by atoms with Crippen LogP contribution in [0.1, 0.15) is 40.0 Å². The Morgan fingerprint density at radius 1 is 1.27 bits per heavy atom. The SMILES string of the molecule is Cc1cc(C(=O)NCc2ccncc2Cl)nnc1N1CCC(Oc2cccc(C#N)c2)CC1. The van der Waals surface area contributed by atoms with E-state index in [4.69, 9.17) is 21.6 Å². The topological polar surface area (TPSA) is 104 Å². The summed E-state index contributed by atoms with van der Waals surface area (Å²) in [5.41, 5.74) is 2.52. The van der Waals surface area contributed by atoms with E-state index in [2.05, 4.69) is 31.5 Å². The van der Waals surface area contributed by atoms with Crippen LogP contribution in [-0.4, -0.2) is 40.3 Å². The average Bonchev–Trinajstić information content (AvgIpc) is 2.84. The van der Waals surface area contributed by atoms with E-state index in [-0.39, 0.29) is 24.2 Å². The van der Waals surface area contributed by atoms with Crippen molar-refractivity contribution in [2.45, 2.75) is 32.4 Å². The minimum atomic E-state index is -0.309. The molecule has 1 aromatic carbocycles. The number of aromatic nitrogens is 3. The van der Waals surface area contributed by atoms with Crippen molar-refractivity contribution in [3.8, 4) is 11.8 Å². The lowest BCUT2D eigenvalue weighted by Gasteiger charge is -2.33. The molecule has 168 valence electrons. The molecule has 0 atom stereocenters. The summed E-state index contributed by atoms with van der Waals surface area (Å²) >= 11 is 6.09. The van der Waals surface area contributed by atoms with Crippen LogP contribution in [0.15, 0.2) is 48.8 Å². The van der Waals surface area contributed by atoms with Crippen LogP contribution in [0.3, 0.4) is 0 Å². The molecule has 1 aliphatic rings. The molecule has 1 aliphatic heterocycles. The zero-order valence-electron chi connectivity index (χ0n) is 18.2. The van der Waals surface area contributed by atoms with Gasteiger partial charge in [0, 0.05) is 44.9 Å². The maximum atomic E-state index is 12.5. The predicted molar refractivity (Wildman–Crippen MR) is 124 cm³/mol. The molecule has 2 aromatic heterocycles. The number of carbonyl (C=O) groups excluding carboxylic acids is 1. The van der Waals surface area contributed by atoms with Crippen LogP contribution in [0, 0.1) is 18.3 Å². The zero-order valence-corrected chi connectivity index (χ0v) is 18.9. The molecule has 3 heterocycles. The minimum Gasteiger partial charge on any atom is -0.490 e. The Hall–Kier alpha value is -3.70. The molecule has 8 nitrogen and oxygen atoms in total. The molecular weight excluding hydrogens is 440 g/mol. The summed E-state index contributed by atoms with van der Waals surface area (Å²) in [6.07, 6.45) is 4.90. The van der Waals surface area contributed by atoms with Gasteiger partial charge in [-0.25, -0.2) is 0 Å². The maximum Gasteiger partial charge on any atom is 0.272 e. The summed E-state index contributed by atoms with van der Waals surface area (Å²) in [7, 11) is 0. The van der Waals surface area contributed by atoms with Gasteiger partial charge in [0.2, 0.25) is 0 Å². The Kier molecular flexibility index (Phi) is 7.01. The molecule has 4 rings (SSSR count). The third kappa shape index (κ3) is 5.57. The number of carbonyl (C=O) groups is 1. The van der Waals surface area contributed by atoms with Gasteiger partial charge in [-0.1, -0.05) is 17.7 Å². The van der Waals surface area contributed by atoms with Crippen LogP contribution in [0.2, 0.25) is 5.02 Å². The molecule has 0 radical (unpaired) electrons. The number of hydrogen-bond acceptors (Lipinski definition) is 7. The number of amides is 1. The molecule has 3 aromatic rings. The van der Waals surface area contributed by atoms with Crippen molar-refractivity contribution < 1.29 is 9.53 Å². The van der Waals surface area contributed by atoms with Crippen LogP contribution in [-0.2, 0) is 6.54 Å². The number of piperidine rings is 1. The van der Waals surface area contributed by atoms with Crippen molar-refractivity contribution in [3.63, 3.8) is 0 Å². The number of rotatable bonds is 6. The van der Waals surface area contributed by atoms with Crippen LogP contribution in [0.25, 0.3) is 0 Å². The van der Waals surface area contributed by atoms with Gasteiger partial charge in [0.1, 0.15) is 11.9 Å². The number of hydrogen-bond donors (Lipinski definition) is 1. The average molecular weight is 463 g/mol. The number of halogens is 1. The molecule has 0 unspecified atom stereocenters. The number of pyridine rings is 1. The monoisotopic (exact) mass is 462 g/mol. The number of nitrogens with zero attached hydrogens (tertiary/aromatic N) is 5. The first-order valence-corrected chi connectivity index (χ1v) is 11.0. The first kappa shape index (κ1) is 22.5. The molecule has 1 N–H and O–H groups in total. The van der Waals surface area contributed by atoms with Gasteiger partial charge in [0.05, 0.1) is 16.7 Å². The van der Waals surface area contributed by atoms with Gasteiger partial charge < -0.3 is 15.0 Å². The van der Waals surface area contributed by atoms with E-state index in [1.807, 2.05) is 19.1 Å². The Labute approximate surface area is 197 Å². The highest BCUT2D eigenvalue weighted by Gasteiger charge is 2.23. The van der Waals surface area contributed by atoms with Gasteiger partial charge in [0.25, 0.3) is 5.91 Å². The van der Waals surface area contributed by atoms with Crippen molar-refractivity contribution in [2.75, 3.05) is 18.0 Å². The number of aryl methyl sites for hydroxylation is 1. The second-order valence-electron chi connectivity index (χ2n) is 7.83. The molecule has 0 aliphatic carbocycles. The number of nitrogens with one attached hydrogen (secondary N) is 1. The minimum absolute atomic E-state index is 0.0773. The fraction of sp³-hybridized carbons (Fsp3) is 0.292. The Morgan fingerprint density at radius 3 is 2.82 bits per heavy atom. The molecule has 9 heteroatoms. The Bertz CT molecular complexity index is 1190. The van der Waals surface area contributed by atoms with Gasteiger partial charge in [-0.15, -0.1) is 10.2 Å². The number of nitriles is 1. The summed E-state index contributed by atoms with van der Waals surface area (Å²) in [5.74, 6) is 1.18. The Balaban J connectivity index is 1.33. The largest absolute Gasteiger partial charge is 0.490 e. The molecule has 0 spiro atoms. The fourth-order valence-corrected chi connectivity index (χ4v) is 3.92. The van der Waals surface area contributed by atoms with Gasteiger partial charge in [0.15, 0.2) is 11.5 Å². The van der Waals surface area contributed by atoms with E-state index in [9.17, 15) is 4.79 Å². The summed E-state index contributed by atoms with van der Waals surface area (Å²) in [5, 5.41) is 20.8. The van der Waals surface area contributed by atoms with E-state index in [0.29, 0.717) is 16.3 Å². The van der Waals surface area contributed by atoms with E-state index in [1.54, 1.807) is 36.7 Å². The molecule has 1 saturated heterocycles. The van der Waals surface area contributed by atoms with E-state index >= 15 is 0 Å². The van der Waals surface area contributed by atoms with Crippen molar-refractivity contribution in [3.05, 3.63) is 76.2 Å². The van der Waals surface area contributed by atoms with Gasteiger partial charge in [-0.05, 0) is 48.4 Å². The van der Waals surface area contributed by atoms with E-state index < -0.39 is 0 Å². The van der Waals surface area contributed by atoms with Crippen molar-refractivity contribution in [1.82, 2.24) is 20.5 Å². The number of anilines is 1.